The molecular formula is C14H17F2NO3. The van der Waals surface area contributed by atoms with Crippen LogP contribution in [0.5, 0.6) is 0 Å². The molecule has 4 nitrogen and oxygen atoms in total. The largest absolute Gasteiger partial charge is 0.458 e. The zero-order valence-electron chi connectivity index (χ0n) is 11.5. The molecule has 0 aliphatic rings. The highest BCUT2D eigenvalue weighted by molar-refractivity contribution is 5.87. The fraction of sp³-hybridized carbons (Fsp3) is 0.429. The summed E-state index contributed by atoms with van der Waals surface area (Å²) < 4.78 is 29.8. The molecule has 0 radical (unpaired) electrons. The van der Waals surface area contributed by atoms with Crippen molar-refractivity contribution in [1.29, 1.82) is 0 Å². The molecule has 0 aliphatic heterocycles. The second-order valence-electron chi connectivity index (χ2n) is 5.19. The summed E-state index contributed by atoms with van der Waals surface area (Å²) in [6.07, 6.45) is -3.19. The monoisotopic (exact) mass is 285 g/mol. The van der Waals surface area contributed by atoms with Gasteiger partial charge in [0.15, 0.2) is 6.04 Å². The molecule has 1 rings (SSSR count). The van der Waals surface area contributed by atoms with Crippen molar-refractivity contribution in [2.24, 2.45) is 0 Å². The first kappa shape index (κ1) is 16.1. The number of alkyl halides is 2. The molecule has 1 aromatic rings. The lowest BCUT2D eigenvalue weighted by Crippen LogP contribution is -2.40. The number of nitrogens with one attached hydrogen (secondary N) is 1. The summed E-state index contributed by atoms with van der Waals surface area (Å²) in [6.45, 7) is 4.96. The maximum absolute atomic E-state index is 12.3. The van der Waals surface area contributed by atoms with Crippen molar-refractivity contribution in [3.05, 3.63) is 35.9 Å². The number of halogens is 2. The summed E-state index contributed by atoms with van der Waals surface area (Å²) in [5, 5.41) is 1.99. The van der Waals surface area contributed by atoms with Gasteiger partial charge in [0, 0.05) is 0 Å². The van der Waals surface area contributed by atoms with Gasteiger partial charge in [-0.2, -0.15) is 8.78 Å². The van der Waals surface area contributed by atoms with Crippen LogP contribution in [0.4, 0.5) is 8.78 Å². The molecule has 110 valence electrons. The van der Waals surface area contributed by atoms with Crippen molar-refractivity contribution >= 4 is 11.9 Å². The third-order valence-electron chi connectivity index (χ3n) is 2.26. The zero-order chi connectivity index (χ0) is 15.3. The minimum absolute atomic E-state index is 0.385. The van der Waals surface area contributed by atoms with E-state index in [1.165, 1.54) is 0 Å². The van der Waals surface area contributed by atoms with Gasteiger partial charge in [-0.15, -0.1) is 0 Å². The number of amides is 1. The summed E-state index contributed by atoms with van der Waals surface area (Å²) in [5.41, 5.74) is -0.393. The topological polar surface area (TPSA) is 55.4 Å². The van der Waals surface area contributed by atoms with Gasteiger partial charge < -0.3 is 10.1 Å². The van der Waals surface area contributed by atoms with Crippen LogP contribution in [0, 0.1) is 0 Å². The molecule has 0 unspecified atom stereocenters. The molecule has 0 fully saturated rings. The maximum Gasteiger partial charge on any atom is 0.333 e. The smallest absolute Gasteiger partial charge is 0.333 e. The third kappa shape index (κ3) is 4.95. The Labute approximate surface area is 116 Å². The first-order valence-electron chi connectivity index (χ1n) is 6.07. The quantitative estimate of drug-likeness (QED) is 0.865. The Balaban J connectivity index is 2.96. The number of carbonyl (C=O) groups is 2. The number of hydrogen-bond acceptors (Lipinski definition) is 3. The van der Waals surface area contributed by atoms with Crippen molar-refractivity contribution in [2.45, 2.75) is 38.8 Å². The second-order valence-corrected chi connectivity index (χ2v) is 5.19. The molecule has 0 heterocycles. The van der Waals surface area contributed by atoms with Gasteiger partial charge in [0.1, 0.15) is 5.60 Å². The van der Waals surface area contributed by atoms with E-state index in [0.29, 0.717) is 5.56 Å². The van der Waals surface area contributed by atoms with Gasteiger partial charge >= 0.3 is 12.4 Å². The molecule has 1 aromatic carbocycles. The summed E-state index contributed by atoms with van der Waals surface area (Å²) in [6, 6.07) is 6.85. The number of esters is 1. The van der Waals surface area contributed by atoms with E-state index in [9.17, 15) is 18.4 Å². The predicted molar refractivity (Wildman–Crippen MR) is 69.2 cm³/mol. The molecule has 0 saturated heterocycles. The Morgan fingerprint density at radius 2 is 1.70 bits per heavy atom. The van der Waals surface area contributed by atoms with Gasteiger partial charge in [0.25, 0.3) is 5.91 Å². The van der Waals surface area contributed by atoms with E-state index in [-0.39, 0.29) is 0 Å². The lowest BCUT2D eigenvalue weighted by molar-refractivity contribution is -0.159. The molecular weight excluding hydrogens is 268 g/mol. The van der Waals surface area contributed by atoms with E-state index in [2.05, 4.69) is 0 Å². The molecule has 0 spiro atoms. The average Bonchev–Trinajstić information content (AvgIpc) is 2.34. The average molecular weight is 285 g/mol. The van der Waals surface area contributed by atoms with E-state index in [1.54, 1.807) is 51.1 Å². The fourth-order valence-corrected chi connectivity index (χ4v) is 1.49. The van der Waals surface area contributed by atoms with Crippen LogP contribution >= 0.6 is 0 Å². The standard InChI is InChI=1S/C14H17F2NO3/c1-14(2,3)20-13(19)10(17-12(18)11(15)16)9-7-5-4-6-8-9/h4-8,10-11H,1-3H3,(H,17,18)/t10-/m1/s1. The molecule has 0 aliphatic carbocycles. The Kier molecular flexibility index (Phi) is 5.19. The van der Waals surface area contributed by atoms with E-state index >= 15 is 0 Å². The van der Waals surface area contributed by atoms with Gasteiger partial charge in [-0.05, 0) is 26.3 Å². The fourth-order valence-electron chi connectivity index (χ4n) is 1.49. The Hall–Kier alpha value is -1.98. The Morgan fingerprint density at radius 3 is 2.15 bits per heavy atom. The van der Waals surface area contributed by atoms with E-state index in [0.717, 1.165) is 0 Å². The van der Waals surface area contributed by atoms with Crippen molar-refractivity contribution in [1.82, 2.24) is 5.32 Å². The van der Waals surface area contributed by atoms with Crippen LogP contribution in [-0.2, 0) is 14.3 Å². The molecule has 6 heteroatoms. The summed E-state index contributed by atoms with van der Waals surface area (Å²) in [5.74, 6) is -2.29. The van der Waals surface area contributed by atoms with Crippen LogP contribution in [0.15, 0.2) is 30.3 Å². The van der Waals surface area contributed by atoms with Crippen LogP contribution in [0.1, 0.15) is 32.4 Å². The van der Waals surface area contributed by atoms with Crippen LogP contribution in [0.3, 0.4) is 0 Å². The molecule has 0 saturated carbocycles. The highest BCUT2D eigenvalue weighted by Gasteiger charge is 2.30. The van der Waals surface area contributed by atoms with Crippen molar-refractivity contribution < 1.29 is 23.1 Å². The van der Waals surface area contributed by atoms with Crippen LogP contribution in [0.25, 0.3) is 0 Å². The third-order valence-corrected chi connectivity index (χ3v) is 2.26. The first-order chi connectivity index (χ1) is 9.20. The second kappa shape index (κ2) is 6.45. The van der Waals surface area contributed by atoms with Gasteiger partial charge in [-0.25, -0.2) is 4.79 Å². The highest BCUT2D eigenvalue weighted by Crippen LogP contribution is 2.19. The zero-order valence-corrected chi connectivity index (χ0v) is 11.5. The number of hydrogen-bond donors (Lipinski definition) is 1. The highest BCUT2D eigenvalue weighted by atomic mass is 19.3. The van der Waals surface area contributed by atoms with E-state index in [1.807, 2.05) is 5.32 Å². The lowest BCUT2D eigenvalue weighted by atomic mass is 10.1. The predicted octanol–water partition coefficient (Wildman–Crippen LogP) is 2.45. The summed E-state index contributed by atoms with van der Waals surface area (Å²) in [4.78, 5) is 23.2. The molecule has 1 atom stereocenters. The van der Waals surface area contributed by atoms with Gasteiger partial charge in [-0.3, -0.25) is 4.79 Å². The summed E-state index contributed by atoms with van der Waals surface area (Å²) in [7, 11) is 0. The van der Waals surface area contributed by atoms with Crippen LogP contribution in [0.2, 0.25) is 0 Å². The molecule has 0 aromatic heterocycles. The number of rotatable bonds is 4. The van der Waals surface area contributed by atoms with Crippen LogP contribution < -0.4 is 5.32 Å². The van der Waals surface area contributed by atoms with E-state index in [4.69, 9.17) is 4.74 Å². The van der Waals surface area contributed by atoms with Crippen molar-refractivity contribution in [3.63, 3.8) is 0 Å². The lowest BCUT2D eigenvalue weighted by Gasteiger charge is -2.24. The van der Waals surface area contributed by atoms with Crippen molar-refractivity contribution in [2.75, 3.05) is 0 Å². The van der Waals surface area contributed by atoms with Gasteiger partial charge in [0.05, 0.1) is 0 Å². The van der Waals surface area contributed by atoms with Crippen LogP contribution in [-0.4, -0.2) is 23.9 Å². The minimum atomic E-state index is -3.19. The molecule has 1 amide bonds. The first-order valence-corrected chi connectivity index (χ1v) is 6.07. The normalized spacial score (nSPS) is 12.9. The number of carbonyl (C=O) groups excluding carboxylic acids is 2. The van der Waals surface area contributed by atoms with Crippen molar-refractivity contribution in [3.8, 4) is 0 Å². The van der Waals surface area contributed by atoms with E-state index < -0.39 is 29.9 Å². The number of ether oxygens (including phenoxy) is 1. The Morgan fingerprint density at radius 1 is 1.15 bits per heavy atom. The summed E-state index contributed by atoms with van der Waals surface area (Å²) >= 11 is 0. The maximum atomic E-state index is 12.3. The van der Waals surface area contributed by atoms with Gasteiger partial charge in [0.2, 0.25) is 0 Å². The molecule has 20 heavy (non-hydrogen) atoms. The van der Waals surface area contributed by atoms with Gasteiger partial charge in [-0.1, -0.05) is 30.3 Å². The molecule has 0 bridgehead atoms. The minimum Gasteiger partial charge on any atom is -0.458 e. The number of benzene rings is 1. The Bertz CT molecular complexity index is 469. The molecule has 1 N–H and O–H groups in total. The SMILES string of the molecule is CC(C)(C)OC(=O)[C@H](NC(=O)C(F)F)c1ccccc1.